The summed E-state index contributed by atoms with van der Waals surface area (Å²) in [6, 6.07) is 5.70. The van der Waals surface area contributed by atoms with Crippen LogP contribution in [0, 0.1) is 16.0 Å². The highest BCUT2D eigenvalue weighted by Crippen LogP contribution is 2.32. The first-order valence-electron chi connectivity index (χ1n) is 8.17. The summed E-state index contributed by atoms with van der Waals surface area (Å²) in [6.07, 6.45) is -0.850. The molecule has 2 aliphatic heterocycles. The van der Waals surface area contributed by atoms with Crippen LogP contribution in [0.15, 0.2) is 40.6 Å². The van der Waals surface area contributed by atoms with Crippen molar-refractivity contribution in [1.29, 1.82) is 0 Å². The van der Waals surface area contributed by atoms with Crippen molar-refractivity contribution in [1.82, 2.24) is 5.43 Å². The Morgan fingerprint density at radius 1 is 1.18 bits per heavy atom. The minimum atomic E-state index is -0.850. The molecule has 1 N–H and O–H groups in total. The van der Waals surface area contributed by atoms with Crippen LogP contribution in [0.4, 0.5) is 5.69 Å². The number of benzene rings is 1. The van der Waals surface area contributed by atoms with E-state index in [9.17, 15) is 19.7 Å². The molecule has 0 unspecified atom stereocenters. The number of non-ortho nitro benzene ring substituents is 1. The molecule has 11 heteroatoms. The maximum absolute atomic E-state index is 12.0. The van der Waals surface area contributed by atoms with E-state index in [4.69, 9.17) is 18.9 Å². The van der Waals surface area contributed by atoms with E-state index in [0.29, 0.717) is 11.1 Å². The lowest BCUT2D eigenvalue weighted by molar-refractivity contribution is -0.384. The number of nitro groups is 1. The number of methoxy groups -OCH3 is 2. The Morgan fingerprint density at radius 2 is 1.86 bits per heavy atom. The van der Waals surface area contributed by atoms with Gasteiger partial charge in [-0.1, -0.05) is 0 Å². The highest BCUT2D eigenvalue weighted by Gasteiger charge is 2.38. The van der Waals surface area contributed by atoms with Gasteiger partial charge >= 0.3 is 11.9 Å². The van der Waals surface area contributed by atoms with Crippen LogP contribution in [-0.2, 0) is 28.5 Å². The minimum absolute atomic E-state index is 0.0207. The molecule has 148 valence electrons. The molecule has 3 rings (SSSR count). The molecule has 1 fully saturated rings. The molecule has 0 amide bonds. The highest BCUT2D eigenvalue weighted by atomic mass is 16.7. The van der Waals surface area contributed by atoms with Gasteiger partial charge in [-0.2, -0.15) is 5.10 Å². The van der Waals surface area contributed by atoms with Crippen molar-refractivity contribution < 1.29 is 33.5 Å². The first kappa shape index (κ1) is 19.5. The van der Waals surface area contributed by atoms with Gasteiger partial charge in [-0.15, -0.1) is 0 Å². The molecule has 2 heterocycles. The predicted molar refractivity (Wildman–Crippen MR) is 92.9 cm³/mol. The van der Waals surface area contributed by atoms with Gasteiger partial charge in [0.2, 0.25) is 0 Å². The predicted octanol–water partition coefficient (Wildman–Crippen LogP) is 0.816. The second-order valence-corrected chi connectivity index (χ2v) is 5.87. The van der Waals surface area contributed by atoms with Crippen molar-refractivity contribution in [3.63, 3.8) is 0 Å². The Labute approximate surface area is 159 Å². The van der Waals surface area contributed by atoms with Gasteiger partial charge in [0, 0.05) is 17.7 Å². The second kappa shape index (κ2) is 8.15. The fourth-order valence-corrected chi connectivity index (χ4v) is 2.87. The first-order chi connectivity index (χ1) is 13.5. The third-order valence-corrected chi connectivity index (χ3v) is 4.32. The van der Waals surface area contributed by atoms with Crippen molar-refractivity contribution in [2.75, 3.05) is 27.4 Å². The van der Waals surface area contributed by atoms with E-state index in [1.54, 1.807) is 0 Å². The summed E-state index contributed by atoms with van der Waals surface area (Å²) in [5.41, 5.74) is 3.54. The Hall–Kier alpha value is -3.31. The van der Waals surface area contributed by atoms with E-state index >= 15 is 0 Å². The van der Waals surface area contributed by atoms with Crippen molar-refractivity contribution in [2.45, 2.75) is 6.29 Å². The fourth-order valence-electron chi connectivity index (χ4n) is 2.87. The molecule has 2 aliphatic rings. The number of hydrogen-bond donors (Lipinski definition) is 1. The van der Waals surface area contributed by atoms with Crippen LogP contribution in [0.3, 0.4) is 0 Å². The lowest BCUT2D eigenvalue weighted by atomic mass is 9.92. The smallest absolute Gasteiger partial charge is 0.356 e. The second-order valence-electron chi connectivity index (χ2n) is 5.87. The molecule has 0 saturated carbocycles. The number of carbonyl (C=O) groups is 2. The Balaban J connectivity index is 1.89. The van der Waals surface area contributed by atoms with Crippen LogP contribution < -0.4 is 5.43 Å². The number of nitro benzene ring substituents is 1. The van der Waals surface area contributed by atoms with Crippen LogP contribution in [0.1, 0.15) is 11.9 Å². The number of hydrazone groups is 1. The van der Waals surface area contributed by atoms with Crippen LogP contribution in [-0.4, -0.2) is 50.0 Å². The number of ether oxygens (including phenoxy) is 4. The summed E-state index contributed by atoms with van der Waals surface area (Å²) in [6.45, 7) is -0.0765. The Morgan fingerprint density at radius 3 is 2.46 bits per heavy atom. The molecule has 2 atom stereocenters. The van der Waals surface area contributed by atoms with Crippen molar-refractivity contribution in [3.05, 3.63) is 51.2 Å². The maximum Gasteiger partial charge on any atom is 0.356 e. The molecule has 1 saturated heterocycles. The van der Waals surface area contributed by atoms with E-state index in [2.05, 4.69) is 10.5 Å². The lowest BCUT2D eigenvalue weighted by Gasteiger charge is -2.24. The van der Waals surface area contributed by atoms with E-state index < -0.39 is 29.1 Å². The van der Waals surface area contributed by atoms with Crippen LogP contribution in [0.5, 0.6) is 0 Å². The summed E-state index contributed by atoms with van der Waals surface area (Å²) in [5, 5.41) is 14.7. The van der Waals surface area contributed by atoms with Crippen LogP contribution >= 0.6 is 0 Å². The van der Waals surface area contributed by atoms with Gasteiger partial charge in [-0.3, -0.25) is 15.5 Å². The summed E-state index contributed by atoms with van der Waals surface area (Å²) in [4.78, 5) is 34.4. The fraction of sp³-hybridized carbons (Fsp3) is 0.353. The van der Waals surface area contributed by atoms with Gasteiger partial charge in [0.15, 0.2) is 12.0 Å². The number of nitrogens with one attached hydrogen (secondary N) is 1. The number of rotatable bonds is 4. The molecule has 0 radical (unpaired) electrons. The van der Waals surface area contributed by atoms with Gasteiger partial charge in [0.1, 0.15) is 5.70 Å². The van der Waals surface area contributed by atoms with Crippen molar-refractivity contribution >= 4 is 23.3 Å². The van der Waals surface area contributed by atoms with E-state index in [1.807, 2.05) is 0 Å². The van der Waals surface area contributed by atoms with E-state index in [0.717, 1.165) is 0 Å². The van der Waals surface area contributed by atoms with Gasteiger partial charge in [0.05, 0.1) is 38.3 Å². The van der Waals surface area contributed by atoms with E-state index in [-0.39, 0.29) is 30.3 Å². The molecule has 0 aliphatic carbocycles. The van der Waals surface area contributed by atoms with Gasteiger partial charge in [-0.25, -0.2) is 9.59 Å². The average Bonchev–Trinajstić information content (AvgIpc) is 2.95. The zero-order valence-corrected chi connectivity index (χ0v) is 15.0. The molecular weight excluding hydrogens is 374 g/mol. The molecule has 11 nitrogen and oxygen atoms in total. The minimum Gasteiger partial charge on any atom is -0.464 e. The first-order valence-corrected chi connectivity index (χ1v) is 8.17. The summed E-state index contributed by atoms with van der Waals surface area (Å²) in [5.74, 6) is -2.01. The standard InChI is InChI=1S/C17H17N3O8/c1-25-15(21)13-11-7-27-17(9-3-5-10(6-4-9)20(23)24)28-8-12(11)14(19-18-13)16(22)26-2/h3-6,11,17,19H,7-8H2,1-2H3/t11-,17-/m0/s1. The SMILES string of the molecule is COC(=O)C1=NNC(C(=O)OC)=C2CO[C@@H](c3ccc([N+](=O)[O-])cc3)OC[C@H]12. The average molecular weight is 391 g/mol. The monoisotopic (exact) mass is 391 g/mol. The molecule has 1 aromatic carbocycles. The lowest BCUT2D eigenvalue weighted by Crippen LogP contribution is -2.39. The van der Waals surface area contributed by atoms with Gasteiger partial charge in [-0.05, 0) is 17.7 Å². The zero-order valence-electron chi connectivity index (χ0n) is 15.0. The maximum atomic E-state index is 12.0. The number of nitrogens with zero attached hydrogens (tertiary/aromatic N) is 2. The van der Waals surface area contributed by atoms with Crippen LogP contribution in [0.25, 0.3) is 0 Å². The van der Waals surface area contributed by atoms with Crippen LogP contribution in [0.2, 0.25) is 0 Å². The zero-order chi connectivity index (χ0) is 20.3. The summed E-state index contributed by atoms with van der Waals surface area (Å²) < 4.78 is 21.0. The molecule has 0 bridgehead atoms. The highest BCUT2D eigenvalue weighted by molar-refractivity contribution is 6.38. The molecule has 0 aromatic heterocycles. The van der Waals surface area contributed by atoms with Crippen molar-refractivity contribution in [2.24, 2.45) is 11.0 Å². The summed E-state index contributed by atoms with van der Waals surface area (Å²) in [7, 11) is 2.44. The number of hydrogen-bond acceptors (Lipinski definition) is 10. The largest absolute Gasteiger partial charge is 0.464 e. The van der Waals surface area contributed by atoms with Gasteiger partial charge in [0.25, 0.3) is 5.69 Å². The molecule has 1 aromatic rings. The molecule has 28 heavy (non-hydrogen) atoms. The van der Waals surface area contributed by atoms with Gasteiger partial charge < -0.3 is 18.9 Å². The molecular formula is C17H17N3O8. The summed E-state index contributed by atoms with van der Waals surface area (Å²) >= 11 is 0. The molecule has 0 spiro atoms. The topological polar surface area (TPSA) is 139 Å². The number of carbonyl (C=O) groups excluding carboxylic acids is 2. The third-order valence-electron chi connectivity index (χ3n) is 4.32. The number of esters is 2. The Kier molecular flexibility index (Phi) is 5.66. The normalized spacial score (nSPS) is 21.6. The van der Waals surface area contributed by atoms with E-state index in [1.165, 1.54) is 38.5 Å². The number of fused-ring (bicyclic) bond motifs is 1. The Bertz CT molecular complexity index is 862. The third kappa shape index (κ3) is 3.70. The quantitative estimate of drug-likeness (QED) is 0.449. The van der Waals surface area contributed by atoms with Crippen molar-refractivity contribution in [3.8, 4) is 0 Å².